The van der Waals surface area contributed by atoms with E-state index in [-0.39, 0.29) is 0 Å². The maximum Gasteiger partial charge on any atom is 0.210 e. The summed E-state index contributed by atoms with van der Waals surface area (Å²) in [6.45, 7) is 2.42. The molecular formula is C11H14N2O2. The Morgan fingerprint density at radius 1 is 1.40 bits per heavy atom. The van der Waals surface area contributed by atoms with E-state index in [1.807, 2.05) is 18.2 Å². The van der Waals surface area contributed by atoms with Gasteiger partial charge in [-0.15, -0.1) is 0 Å². The highest BCUT2D eigenvalue weighted by Gasteiger charge is 2.17. The number of benzene rings is 1. The molecule has 1 aliphatic heterocycles. The first-order valence-electron chi connectivity index (χ1n) is 4.97. The van der Waals surface area contributed by atoms with Crippen molar-refractivity contribution in [2.24, 2.45) is 5.73 Å². The molecule has 4 heteroatoms. The van der Waals surface area contributed by atoms with Crippen molar-refractivity contribution in [3.63, 3.8) is 0 Å². The van der Waals surface area contributed by atoms with Gasteiger partial charge in [0.15, 0.2) is 0 Å². The molecule has 1 amide bonds. The molecule has 1 aliphatic rings. The van der Waals surface area contributed by atoms with E-state index in [0.29, 0.717) is 26.2 Å². The first kappa shape index (κ1) is 9.98. The zero-order valence-corrected chi connectivity index (χ0v) is 8.48. The van der Waals surface area contributed by atoms with Crippen molar-refractivity contribution in [1.29, 1.82) is 0 Å². The van der Waals surface area contributed by atoms with Crippen LogP contribution in [0.15, 0.2) is 18.2 Å². The standard InChI is InChI=1S/C11H14N2O2/c12-3-4-15-11-2-1-9-6-13(8-14)7-10(9)5-11/h1-2,5,8H,3-4,6-7,12H2. The van der Waals surface area contributed by atoms with Gasteiger partial charge < -0.3 is 15.4 Å². The van der Waals surface area contributed by atoms with Gasteiger partial charge in [-0.3, -0.25) is 4.79 Å². The predicted molar refractivity (Wildman–Crippen MR) is 56.3 cm³/mol. The number of carbonyl (C=O) groups is 1. The van der Waals surface area contributed by atoms with Crippen LogP contribution in [0, 0.1) is 0 Å². The van der Waals surface area contributed by atoms with E-state index in [0.717, 1.165) is 17.7 Å². The number of hydrogen-bond acceptors (Lipinski definition) is 3. The Hall–Kier alpha value is -1.55. The van der Waals surface area contributed by atoms with Gasteiger partial charge in [-0.2, -0.15) is 0 Å². The van der Waals surface area contributed by atoms with Crippen LogP contribution in [-0.2, 0) is 17.9 Å². The summed E-state index contributed by atoms with van der Waals surface area (Å²) < 4.78 is 5.42. The minimum atomic E-state index is 0.511. The van der Waals surface area contributed by atoms with E-state index >= 15 is 0 Å². The van der Waals surface area contributed by atoms with Gasteiger partial charge in [-0.05, 0) is 23.3 Å². The normalized spacial score (nSPS) is 13.8. The molecule has 4 nitrogen and oxygen atoms in total. The van der Waals surface area contributed by atoms with Crippen LogP contribution in [0.3, 0.4) is 0 Å². The molecule has 1 aromatic rings. The van der Waals surface area contributed by atoms with E-state index < -0.39 is 0 Å². The van der Waals surface area contributed by atoms with Gasteiger partial charge in [0.05, 0.1) is 0 Å². The number of hydrogen-bond donors (Lipinski definition) is 1. The predicted octanol–water partition coefficient (Wildman–Crippen LogP) is 0.496. The number of rotatable bonds is 4. The molecule has 2 rings (SSSR count). The first-order chi connectivity index (χ1) is 7.33. The fourth-order valence-electron chi connectivity index (χ4n) is 1.74. The highest BCUT2D eigenvalue weighted by molar-refractivity contribution is 5.51. The number of fused-ring (bicyclic) bond motifs is 1. The Labute approximate surface area is 88.6 Å². The van der Waals surface area contributed by atoms with Crippen LogP contribution >= 0.6 is 0 Å². The molecule has 0 radical (unpaired) electrons. The van der Waals surface area contributed by atoms with Crippen molar-refractivity contribution in [2.75, 3.05) is 13.2 Å². The summed E-state index contributed by atoms with van der Waals surface area (Å²) in [5.41, 5.74) is 7.71. The van der Waals surface area contributed by atoms with Crippen molar-refractivity contribution in [1.82, 2.24) is 4.90 Å². The minimum absolute atomic E-state index is 0.511. The molecule has 2 N–H and O–H groups in total. The van der Waals surface area contributed by atoms with Crippen LogP contribution in [0.2, 0.25) is 0 Å². The van der Waals surface area contributed by atoms with Crippen molar-refractivity contribution >= 4 is 6.41 Å². The van der Waals surface area contributed by atoms with Gasteiger partial charge in [0, 0.05) is 19.6 Å². The summed E-state index contributed by atoms with van der Waals surface area (Å²) in [5.74, 6) is 0.826. The molecule has 80 valence electrons. The maximum absolute atomic E-state index is 10.6. The van der Waals surface area contributed by atoms with Gasteiger partial charge >= 0.3 is 0 Å². The number of ether oxygens (including phenoxy) is 1. The van der Waals surface area contributed by atoms with Gasteiger partial charge in [0.1, 0.15) is 12.4 Å². The summed E-state index contributed by atoms with van der Waals surface area (Å²) in [5, 5.41) is 0. The second-order valence-corrected chi connectivity index (χ2v) is 3.58. The van der Waals surface area contributed by atoms with Crippen LogP contribution in [0.25, 0.3) is 0 Å². The molecule has 0 spiro atoms. The van der Waals surface area contributed by atoms with Crippen LogP contribution < -0.4 is 10.5 Å². The van der Waals surface area contributed by atoms with E-state index in [4.69, 9.17) is 10.5 Å². The largest absolute Gasteiger partial charge is 0.492 e. The third-order valence-electron chi connectivity index (χ3n) is 2.46. The lowest BCUT2D eigenvalue weighted by Gasteiger charge is -2.05. The molecule has 0 unspecified atom stereocenters. The molecule has 0 saturated heterocycles. The zero-order valence-electron chi connectivity index (χ0n) is 8.48. The topological polar surface area (TPSA) is 55.6 Å². The Balaban J connectivity index is 2.11. The average molecular weight is 206 g/mol. The number of nitrogens with zero attached hydrogens (tertiary/aromatic N) is 1. The van der Waals surface area contributed by atoms with Crippen LogP contribution in [0.5, 0.6) is 5.75 Å². The number of amides is 1. The number of carbonyl (C=O) groups excluding carboxylic acids is 1. The third-order valence-corrected chi connectivity index (χ3v) is 2.46. The fourth-order valence-corrected chi connectivity index (χ4v) is 1.74. The molecule has 1 heterocycles. The summed E-state index contributed by atoms with van der Waals surface area (Å²) in [7, 11) is 0. The Morgan fingerprint density at radius 3 is 2.93 bits per heavy atom. The molecule has 1 aromatic carbocycles. The molecule has 0 saturated carbocycles. The van der Waals surface area contributed by atoms with Gasteiger partial charge in [-0.1, -0.05) is 6.07 Å². The van der Waals surface area contributed by atoms with Crippen LogP contribution in [0.4, 0.5) is 0 Å². The van der Waals surface area contributed by atoms with E-state index in [1.54, 1.807) is 4.90 Å². The van der Waals surface area contributed by atoms with E-state index in [1.165, 1.54) is 5.56 Å². The lowest BCUT2D eigenvalue weighted by Crippen LogP contribution is -2.12. The SMILES string of the molecule is NCCOc1ccc2c(c1)CN(C=O)C2. The smallest absolute Gasteiger partial charge is 0.210 e. The second kappa shape index (κ2) is 4.31. The van der Waals surface area contributed by atoms with Crippen LogP contribution in [0.1, 0.15) is 11.1 Å². The molecule has 0 fully saturated rings. The van der Waals surface area contributed by atoms with E-state index in [9.17, 15) is 4.79 Å². The van der Waals surface area contributed by atoms with Gasteiger partial charge in [-0.25, -0.2) is 0 Å². The summed E-state index contributed by atoms with van der Waals surface area (Å²) in [6.07, 6.45) is 0.875. The third kappa shape index (κ3) is 2.10. The summed E-state index contributed by atoms with van der Waals surface area (Å²) >= 11 is 0. The minimum Gasteiger partial charge on any atom is -0.492 e. The first-order valence-corrected chi connectivity index (χ1v) is 4.97. The lowest BCUT2D eigenvalue weighted by molar-refractivity contribution is -0.118. The second-order valence-electron chi connectivity index (χ2n) is 3.58. The maximum atomic E-state index is 10.6. The molecule has 0 bridgehead atoms. The van der Waals surface area contributed by atoms with Gasteiger partial charge in [0.25, 0.3) is 0 Å². The average Bonchev–Trinajstić information content (AvgIpc) is 2.68. The quantitative estimate of drug-likeness (QED) is 0.730. The van der Waals surface area contributed by atoms with E-state index in [2.05, 4.69) is 0 Å². The van der Waals surface area contributed by atoms with Crippen molar-refractivity contribution in [2.45, 2.75) is 13.1 Å². The molecule has 0 aromatic heterocycles. The highest BCUT2D eigenvalue weighted by atomic mass is 16.5. The molecule has 0 atom stereocenters. The van der Waals surface area contributed by atoms with Crippen LogP contribution in [-0.4, -0.2) is 24.5 Å². The molecule has 0 aliphatic carbocycles. The molecule has 15 heavy (non-hydrogen) atoms. The Morgan fingerprint density at radius 2 is 2.20 bits per heavy atom. The number of nitrogens with two attached hydrogens (primary N) is 1. The van der Waals surface area contributed by atoms with Gasteiger partial charge in [0.2, 0.25) is 6.41 Å². The van der Waals surface area contributed by atoms with Crippen molar-refractivity contribution in [3.05, 3.63) is 29.3 Å². The fraction of sp³-hybridized carbons (Fsp3) is 0.364. The molecular weight excluding hydrogens is 192 g/mol. The lowest BCUT2D eigenvalue weighted by atomic mass is 10.1. The highest BCUT2D eigenvalue weighted by Crippen LogP contribution is 2.25. The zero-order chi connectivity index (χ0) is 10.7. The Kier molecular flexibility index (Phi) is 2.87. The monoisotopic (exact) mass is 206 g/mol. The Bertz CT molecular complexity index is 366. The summed E-state index contributed by atoms with van der Waals surface area (Å²) in [4.78, 5) is 12.3. The van der Waals surface area contributed by atoms with Crippen molar-refractivity contribution in [3.8, 4) is 5.75 Å². The summed E-state index contributed by atoms with van der Waals surface area (Å²) in [6, 6.07) is 5.90. The van der Waals surface area contributed by atoms with Crippen molar-refractivity contribution < 1.29 is 9.53 Å².